The van der Waals surface area contributed by atoms with Gasteiger partial charge in [-0.1, -0.05) is 54.1 Å². The largest absolute Gasteiger partial charge is 0.280 e. The highest BCUT2D eigenvalue weighted by molar-refractivity contribution is 7.92. The number of hydrogen-bond acceptors (Lipinski definition) is 4. The van der Waals surface area contributed by atoms with Gasteiger partial charge in [-0.3, -0.25) is 9.52 Å². The summed E-state index contributed by atoms with van der Waals surface area (Å²) in [7, 11) is -3.76. The summed E-state index contributed by atoms with van der Waals surface area (Å²) < 4.78 is 27.4. The molecular weight excluding hydrogens is 446 g/mol. The molecule has 0 heterocycles. The molecule has 0 spiro atoms. The molecule has 0 aromatic heterocycles. The van der Waals surface area contributed by atoms with Gasteiger partial charge in [0.05, 0.1) is 11.1 Å². The van der Waals surface area contributed by atoms with E-state index in [1.807, 2.05) is 42.5 Å². The number of amides is 1. The number of hydrazone groups is 1. The highest BCUT2D eigenvalue weighted by atomic mass is 35.5. The summed E-state index contributed by atoms with van der Waals surface area (Å²) in [4.78, 5) is 12.5. The number of fused-ring (bicyclic) bond motifs is 1. The number of rotatable bonds is 6. The van der Waals surface area contributed by atoms with Crippen molar-refractivity contribution in [2.45, 2.75) is 4.90 Å². The molecule has 0 aliphatic rings. The van der Waals surface area contributed by atoms with Crippen LogP contribution in [-0.2, 0) is 10.0 Å². The molecule has 0 fully saturated rings. The van der Waals surface area contributed by atoms with Gasteiger partial charge in [-0.05, 0) is 59.3 Å². The van der Waals surface area contributed by atoms with Crippen LogP contribution in [0.15, 0.2) is 101 Å². The molecular formula is C24H18ClN3O3S. The number of hydrogen-bond donors (Lipinski definition) is 2. The Balaban J connectivity index is 1.42. The number of nitrogens with zero attached hydrogens (tertiary/aromatic N) is 1. The van der Waals surface area contributed by atoms with Gasteiger partial charge >= 0.3 is 0 Å². The molecule has 2 N–H and O–H groups in total. The normalized spacial score (nSPS) is 11.5. The van der Waals surface area contributed by atoms with Gasteiger partial charge in [0, 0.05) is 21.8 Å². The van der Waals surface area contributed by atoms with E-state index in [2.05, 4.69) is 15.2 Å². The van der Waals surface area contributed by atoms with Crippen LogP contribution in [0.3, 0.4) is 0 Å². The minimum atomic E-state index is -3.76. The first-order valence-electron chi connectivity index (χ1n) is 9.62. The Labute approximate surface area is 190 Å². The highest BCUT2D eigenvalue weighted by Gasteiger charge is 2.14. The lowest BCUT2D eigenvalue weighted by Crippen LogP contribution is -2.18. The maximum Gasteiger partial charge on any atom is 0.271 e. The first-order chi connectivity index (χ1) is 15.4. The molecule has 4 rings (SSSR count). The summed E-state index contributed by atoms with van der Waals surface area (Å²) in [5.41, 5.74) is 4.05. The minimum absolute atomic E-state index is 0.0893. The first kappa shape index (κ1) is 21.5. The number of benzene rings is 4. The van der Waals surface area contributed by atoms with E-state index >= 15 is 0 Å². The number of nitrogens with one attached hydrogen (secondary N) is 2. The van der Waals surface area contributed by atoms with Gasteiger partial charge in [-0.15, -0.1) is 0 Å². The van der Waals surface area contributed by atoms with Crippen molar-refractivity contribution in [3.05, 3.63) is 107 Å². The lowest BCUT2D eigenvalue weighted by Gasteiger charge is -2.09. The monoisotopic (exact) mass is 463 g/mol. The van der Waals surface area contributed by atoms with Crippen LogP contribution in [0, 0.1) is 0 Å². The van der Waals surface area contributed by atoms with Crippen molar-refractivity contribution in [2.24, 2.45) is 5.10 Å². The molecule has 0 atom stereocenters. The number of carbonyl (C=O) groups excluding carboxylic acids is 1. The second kappa shape index (κ2) is 9.21. The molecule has 0 aliphatic heterocycles. The average molecular weight is 464 g/mol. The maximum atomic E-state index is 12.4. The van der Waals surface area contributed by atoms with Gasteiger partial charge in [0.2, 0.25) is 0 Å². The third kappa shape index (κ3) is 4.96. The standard InChI is InChI=1S/C24H18ClN3O3S/c25-20-10-14-22(15-11-20)32(30,31)28-21-12-8-18(9-13-21)24(29)27-26-16-19-6-3-5-17-4-1-2-7-23(17)19/h1-16,28H,(H,27,29)/b26-16-. The molecule has 6 nitrogen and oxygen atoms in total. The lowest BCUT2D eigenvalue weighted by molar-refractivity contribution is 0.0955. The molecule has 160 valence electrons. The Hall–Kier alpha value is -3.68. The molecule has 4 aromatic carbocycles. The molecule has 8 heteroatoms. The van der Waals surface area contributed by atoms with E-state index in [4.69, 9.17) is 11.6 Å². The number of halogens is 1. The molecule has 0 aliphatic carbocycles. The van der Waals surface area contributed by atoms with Crippen LogP contribution < -0.4 is 10.1 Å². The minimum Gasteiger partial charge on any atom is -0.280 e. The summed E-state index contributed by atoms with van der Waals surface area (Å²) >= 11 is 5.80. The van der Waals surface area contributed by atoms with Crippen LogP contribution in [0.1, 0.15) is 15.9 Å². The van der Waals surface area contributed by atoms with E-state index < -0.39 is 15.9 Å². The first-order valence-corrected chi connectivity index (χ1v) is 11.5. The van der Waals surface area contributed by atoms with Crippen molar-refractivity contribution in [3.63, 3.8) is 0 Å². The van der Waals surface area contributed by atoms with Gasteiger partial charge in [-0.2, -0.15) is 5.10 Å². The van der Waals surface area contributed by atoms with E-state index in [1.165, 1.54) is 48.5 Å². The van der Waals surface area contributed by atoms with Crippen molar-refractivity contribution in [1.82, 2.24) is 5.43 Å². The molecule has 0 saturated heterocycles. The Morgan fingerprint density at radius 2 is 1.53 bits per heavy atom. The van der Waals surface area contributed by atoms with E-state index in [9.17, 15) is 13.2 Å². The zero-order chi connectivity index (χ0) is 22.6. The SMILES string of the molecule is O=C(N/N=C\c1cccc2ccccc12)c1ccc(NS(=O)(=O)c2ccc(Cl)cc2)cc1. The fourth-order valence-electron chi connectivity index (χ4n) is 3.11. The molecule has 0 saturated carbocycles. The van der Waals surface area contributed by atoms with Crippen LogP contribution in [0.25, 0.3) is 10.8 Å². The van der Waals surface area contributed by atoms with Gasteiger partial charge < -0.3 is 0 Å². The third-order valence-electron chi connectivity index (χ3n) is 4.72. The summed E-state index contributed by atoms with van der Waals surface area (Å²) in [6, 6.07) is 25.6. The predicted molar refractivity (Wildman–Crippen MR) is 128 cm³/mol. The smallest absolute Gasteiger partial charge is 0.271 e. The molecule has 0 radical (unpaired) electrons. The van der Waals surface area contributed by atoms with Crippen LogP contribution >= 0.6 is 11.6 Å². The number of sulfonamides is 1. The third-order valence-corrected chi connectivity index (χ3v) is 6.37. The Bertz CT molecular complexity index is 1400. The molecule has 0 bridgehead atoms. The summed E-state index contributed by atoms with van der Waals surface area (Å²) in [6.07, 6.45) is 1.59. The molecule has 1 amide bonds. The van der Waals surface area contributed by atoms with Crippen molar-refractivity contribution in [3.8, 4) is 0 Å². The molecule has 4 aromatic rings. The van der Waals surface area contributed by atoms with Crippen molar-refractivity contribution in [1.29, 1.82) is 0 Å². The zero-order valence-corrected chi connectivity index (χ0v) is 18.3. The van der Waals surface area contributed by atoms with Crippen molar-refractivity contribution in [2.75, 3.05) is 4.72 Å². The topological polar surface area (TPSA) is 87.6 Å². The average Bonchev–Trinajstić information content (AvgIpc) is 2.80. The number of carbonyl (C=O) groups is 1. The van der Waals surface area contributed by atoms with Crippen LogP contribution in [0.4, 0.5) is 5.69 Å². The zero-order valence-electron chi connectivity index (χ0n) is 16.7. The van der Waals surface area contributed by atoms with Crippen LogP contribution in [0.5, 0.6) is 0 Å². The van der Waals surface area contributed by atoms with Crippen molar-refractivity contribution >= 4 is 50.2 Å². The molecule has 0 unspecified atom stereocenters. The van der Waals surface area contributed by atoms with E-state index in [0.717, 1.165) is 16.3 Å². The Morgan fingerprint density at radius 1 is 0.844 bits per heavy atom. The number of anilines is 1. The lowest BCUT2D eigenvalue weighted by atomic mass is 10.1. The molecule has 32 heavy (non-hydrogen) atoms. The van der Waals surface area contributed by atoms with E-state index in [-0.39, 0.29) is 4.90 Å². The van der Waals surface area contributed by atoms with Crippen LogP contribution in [-0.4, -0.2) is 20.5 Å². The predicted octanol–water partition coefficient (Wildman–Crippen LogP) is 5.06. The highest BCUT2D eigenvalue weighted by Crippen LogP contribution is 2.19. The van der Waals surface area contributed by atoms with E-state index in [0.29, 0.717) is 16.3 Å². The summed E-state index contributed by atoms with van der Waals surface area (Å²) in [5, 5.41) is 6.61. The second-order valence-corrected chi connectivity index (χ2v) is 9.02. The van der Waals surface area contributed by atoms with Gasteiger partial charge in [-0.25, -0.2) is 13.8 Å². The maximum absolute atomic E-state index is 12.4. The fourth-order valence-corrected chi connectivity index (χ4v) is 4.29. The summed E-state index contributed by atoms with van der Waals surface area (Å²) in [6.45, 7) is 0. The second-order valence-electron chi connectivity index (χ2n) is 6.90. The van der Waals surface area contributed by atoms with Crippen LogP contribution in [0.2, 0.25) is 5.02 Å². The fraction of sp³-hybridized carbons (Fsp3) is 0. The van der Waals surface area contributed by atoms with Gasteiger partial charge in [0.1, 0.15) is 0 Å². The quantitative estimate of drug-likeness (QED) is 0.309. The Morgan fingerprint density at radius 3 is 2.28 bits per heavy atom. The van der Waals surface area contributed by atoms with Crippen molar-refractivity contribution < 1.29 is 13.2 Å². The van der Waals surface area contributed by atoms with E-state index in [1.54, 1.807) is 6.21 Å². The summed E-state index contributed by atoms with van der Waals surface area (Å²) in [5.74, 6) is -0.409. The van der Waals surface area contributed by atoms with Gasteiger partial charge in [0.15, 0.2) is 0 Å². The van der Waals surface area contributed by atoms with Gasteiger partial charge in [0.25, 0.3) is 15.9 Å². The Kier molecular flexibility index (Phi) is 6.20.